The summed E-state index contributed by atoms with van der Waals surface area (Å²) in [5.41, 5.74) is 1.17. The minimum Gasteiger partial charge on any atom is -0.443 e. The number of carbonyl (C=O) groups is 1. The first-order valence-electron chi connectivity index (χ1n) is 4.67. The van der Waals surface area contributed by atoms with E-state index in [1.807, 2.05) is 27.7 Å². The van der Waals surface area contributed by atoms with Crippen molar-refractivity contribution < 1.29 is 9.53 Å². The Morgan fingerprint density at radius 2 is 2.20 bits per heavy atom. The maximum Gasteiger partial charge on any atom is 0.420 e. The zero-order valence-electron chi connectivity index (χ0n) is 9.37. The molecule has 0 fully saturated rings. The molecule has 1 rings (SSSR count). The molecule has 0 aliphatic heterocycles. The smallest absolute Gasteiger partial charge is 0.420 e. The highest BCUT2D eigenvalue weighted by Crippen LogP contribution is 2.13. The third-order valence-corrected chi connectivity index (χ3v) is 2.36. The number of alkyl halides is 1. The van der Waals surface area contributed by atoms with Gasteiger partial charge in [0.1, 0.15) is 11.9 Å². The molecule has 0 saturated heterocycles. The number of imidazole rings is 1. The van der Waals surface area contributed by atoms with Gasteiger partial charge >= 0.3 is 6.09 Å². The van der Waals surface area contributed by atoms with Crippen LogP contribution in [0, 0.1) is 6.92 Å². The van der Waals surface area contributed by atoms with Gasteiger partial charge in [-0.05, 0) is 27.7 Å². The molecule has 1 heterocycles. The molecule has 84 valence electrons. The first-order chi connectivity index (χ1) is 6.85. The Kier molecular flexibility index (Phi) is 3.54. The molecule has 15 heavy (non-hydrogen) atoms. The molecule has 0 aromatic carbocycles. The zero-order valence-corrected chi connectivity index (χ0v) is 11.0. The summed E-state index contributed by atoms with van der Waals surface area (Å²) in [7, 11) is 0. The fraction of sp³-hybridized carbons (Fsp3) is 0.600. The van der Waals surface area contributed by atoms with Crippen LogP contribution in [0.4, 0.5) is 4.79 Å². The molecule has 0 unspecified atom stereocenters. The van der Waals surface area contributed by atoms with Crippen LogP contribution >= 0.6 is 15.9 Å². The lowest BCUT2D eigenvalue weighted by molar-refractivity contribution is 0.0533. The quantitative estimate of drug-likeness (QED) is 0.740. The van der Waals surface area contributed by atoms with Gasteiger partial charge in [-0.15, -0.1) is 0 Å². The number of halogens is 1. The summed E-state index contributed by atoms with van der Waals surface area (Å²) in [5, 5.41) is 0.634. The maximum absolute atomic E-state index is 11.7. The molecule has 1 aromatic rings. The van der Waals surface area contributed by atoms with Crippen LogP contribution in [-0.4, -0.2) is 21.2 Å². The fourth-order valence-corrected chi connectivity index (χ4v) is 1.62. The number of rotatable bonds is 1. The summed E-state index contributed by atoms with van der Waals surface area (Å²) in [6.07, 6.45) is 1.10. The van der Waals surface area contributed by atoms with E-state index in [4.69, 9.17) is 4.74 Å². The van der Waals surface area contributed by atoms with E-state index in [1.165, 1.54) is 10.9 Å². The Morgan fingerprint density at radius 1 is 1.60 bits per heavy atom. The van der Waals surface area contributed by atoms with E-state index in [0.29, 0.717) is 5.33 Å². The van der Waals surface area contributed by atoms with E-state index in [9.17, 15) is 4.79 Å². The molecular weight excluding hydrogens is 260 g/mol. The lowest BCUT2D eigenvalue weighted by Crippen LogP contribution is -2.27. The normalized spacial score (nSPS) is 11.5. The second-order valence-corrected chi connectivity index (χ2v) is 4.82. The number of aromatic nitrogens is 2. The molecule has 0 bridgehead atoms. The largest absolute Gasteiger partial charge is 0.443 e. The minimum atomic E-state index is -0.484. The van der Waals surface area contributed by atoms with Crippen LogP contribution in [0.3, 0.4) is 0 Å². The molecule has 5 heteroatoms. The van der Waals surface area contributed by atoms with Crippen LogP contribution < -0.4 is 0 Å². The van der Waals surface area contributed by atoms with Gasteiger partial charge in [0, 0.05) is 11.0 Å². The van der Waals surface area contributed by atoms with Crippen LogP contribution in [0.5, 0.6) is 0 Å². The first-order valence-corrected chi connectivity index (χ1v) is 5.79. The summed E-state index contributed by atoms with van der Waals surface area (Å²) in [6.45, 7) is 7.35. The third-order valence-electron chi connectivity index (χ3n) is 1.82. The van der Waals surface area contributed by atoms with Crippen LogP contribution in [-0.2, 0) is 10.1 Å². The summed E-state index contributed by atoms with van der Waals surface area (Å²) >= 11 is 3.30. The average molecular weight is 275 g/mol. The van der Waals surface area contributed by atoms with Crippen molar-refractivity contribution in [1.29, 1.82) is 0 Å². The molecule has 0 amide bonds. The summed E-state index contributed by atoms with van der Waals surface area (Å²) in [4.78, 5) is 15.8. The van der Waals surface area contributed by atoms with Gasteiger partial charge in [0.15, 0.2) is 0 Å². The topological polar surface area (TPSA) is 44.1 Å². The van der Waals surface area contributed by atoms with Crippen LogP contribution in [0.1, 0.15) is 32.2 Å². The van der Waals surface area contributed by atoms with Crippen molar-refractivity contribution >= 4 is 22.0 Å². The Morgan fingerprint density at radius 3 is 2.60 bits per heavy atom. The SMILES string of the molecule is Cc1c(CBr)ncn1C(=O)OC(C)(C)C. The van der Waals surface area contributed by atoms with Crippen LogP contribution in [0.2, 0.25) is 0 Å². The van der Waals surface area contributed by atoms with E-state index >= 15 is 0 Å². The minimum absolute atomic E-state index is 0.389. The average Bonchev–Trinajstić information content (AvgIpc) is 2.43. The van der Waals surface area contributed by atoms with Gasteiger partial charge in [-0.3, -0.25) is 0 Å². The standard InChI is InChI=1S/C10H15BrN2O2/c1-7-8(5-11)12-6-13(7)9(14)15-10(2,3)4/h6H,5H2,1-4H3. The molecule has 0 atom stereocenters. The molecule has 0 aliphatic carbocycles. The number of nitrogens with zero attached hydrogens (tertiary/aromatic N) is 2. The zero-order chi connectivity index (χ0) is 11.6. The predicted molar refractivity (Wildman–Crippen MR) is 61.2 cm³/mol. The Balaban J connectivity index is 2.88. The number of carbonyl (C=O) groups excluding carboxylic acids is 1. The Bertz CT molecular complexity index is 366. The van der Waals surface area contributed by atoms with Gasteiger partial charge < -0.3 is 4.74 Å². The molecule has 0 radical (unpaired) electrons. The van der Waals surface area contributed by atoms with Crippen molar-refractivity contribution in [2.24, 2.45) is 0 Å². The summed E-state index contributed by atoms with van der Waals surface area (Å²) in [6, 6.07) is 0. The monoisotopic (exact) mass is 274 g/mol. The molecule has 0 saturated carbocycles. The Labute approximate surface area is 97.8 Å². The van der Waals surface area contributed by atoms with Gasteiger partial charge in [0.25, 0.3) is 0 Å². The highest BCUT2D eigenvalue weighted by atomic mass is 79.9. The summed E-state index contributed by atoms with van der Waals surface area (Å²) < 4.78 is 6.65. The first kappa shape index (κ1) is 12.2. The van der Waals surface area contributed by atoms with Crippen LogP contribution in [0.25, 0.3) is 0 Å². The van der Waals surface area contributed by atoms with E-state index in [-0.39, 0.29) is 6.09 Å². The lowest BCUT2D eigenvalue weighted by Gasteiger charge is -2.19. The fourth-order valence-electron chi connectivity index (χ4n) is 1.07. The number of hydrogen-bond donors (Lipinski definition) is 0. The van der Waals surface area contributed by atoms with Gasteiger partial charge in [-0.25, -0.2) is 14.3 Å². The van der Waals surface area contributed by atoms with Crippen molar-refractivity contribution in [3.05, 3.63) is 17.7 Å². The van der Waals surface area contributed by atoms with Gasteiger partial charge in [0.05, 0.1) is 5.69 Å². The maximum atomic E-state index is 11.7. The second kappa shape index (κ2) is 4.35. The van der Waals surface area contributed by atoms with Crippen LogP contribution in [0.15, 0.2) is 6.33 Å². The highest BCUT2D eigenvalue weighted by molar-refractivity contribution is 9.08. The van der Waals surface area contributed by atoms with Crippen molar-refractivity contribution in [2.45, 2.75) is 38.6 Å². The van der Waals surface area contributed by atoms with Crippen molar-refractivity contribution in [3.63, 3.8) is 0 Å². The number of hydrogen-bond acceptors (Lipinski definition) is 3. The van der Waals surface area contributed by atoms with Gasteiger partial charge in [-0.1, -0.05) is 15.9 Å². The lowest BCUT2D eigenvalue weighted by atomic mass is 10.2. The van der Waals surface area contributed by atoms with E-state index in [1.54, 1.807) is 0 Å². The van der Waals surface area contributed by atoms with Crippen molar-refractivity contribution in [2.75, 3.05) is 0 Å². The second-order valence-electron chi connectivity index (χ2n) is 4.26. The van der Waals surface area contributed by atoms with E-state index in [0.717, 1.165) is 11.4 Å². The van der Waals surface area contributed by atoms with Crippen molar-refractivity contribution in [3.8, 4) is 0 Å². The molecule has 1 aromatic heterocycles. The summed E-state index contributed by atoms with van der Waals surface area (Å²) in [5.74, 6) is 0. The number of ether oxygens (including phenoxy) is 1. The van der Waals surface area contributed by atoms with Gasteiger partial charge in [0.2, 0.25) is 0 Å². The van der Waals surface area contributed by atoms with E-state index in [2.05, 4.69) is 20.9 Å². The van der Waals surface area contributed by atoms with Gasteiger partial charge in [-0.2, -0.15) is 0 Å². The third kappa shape index (κ3) is 3.06. The molecule has 4 nitrogen and oxygen atoms in total. The van der Waals surface area contributed by atoms with Crippen molar-refractivity contribution in [1.82, 2.24) is 9.55 Å². The predicted octanol–water partition coefficient (Wildman–Crippen LogP) is 2.87. The molecule has 0 spiro atoms. The molecule has 0 N–H and O–H groups in total. The molecular formula is C10H15BrN2O2. The molecule has 0 aliphatic rings. The van der Waals surface area contributed by atoms with E-state index < -0.39 is 5.60 Å². The highest BCUT2D eigenvalue weighted by Gasteiger charge is 2.19. The Hall–Kier alpha value is -0.840.